The Morgan fingerprint density at radius 1 is 1.05 bits per heavy atom. The number of hydrogen-bond donors (Lipinski definition) is 1. The standard InChI is InChI=1S/C16H20N2O2/c1-12(2)17-11-13-7-6-10-16(18-13)20-15-9-5-4-8-14(15)19-3/h4-10,12,17H,11H2,1-3H3. The lowest BCUT2D eigenvalue weighted by atomic mass is 10.3. The van der Waals surface area contributed by atoms with Crippen LogP contribution in [0.4, 0.5) is 0 Å². The van der Waals surface area contributed by atoms with Gasteiger partial charge in [-0.15, -0.1) is 0 Å². The quantitative estimate of drug-likeness (QED) is 0.875. The van der Waals surface area contributed by atoms with Gasteiger partial charge in [0, 0.05) is 18.7 Å². The van der Waals surface area contributed by atoms with Crippen molar-refractivity contribution in [2.45, 2.75) is 26.4 Å². The summed E-state index contributed by atoms with van der Waals surface area (Å²) in [7, 11) is 1.62. The van der Waals surface area contributed by atoms with Gasteiger partial charge in [0.2, 0.25) is 5.88 Å². The highest BCUT2D eigenvalue weighted by atomic mass is 16.5. The number of pyridine rings is 1. The average Bonchev–Trinajstić information content (AvgIpc) is 2.46. The highest BCUT2D eigenvalue weighted by Gasteiger charge is 2.06. The van der Waals surface area contributed by atoms with Crippen molar-refractivity contribution in [2.75, 3.05) is 7.11 Å². The lowest BCUT2D eigenvalue weighted by Crippen LogP contribution is -2.22. The van der Waals surface area contributed by atoms with E-state index in [1.807, 2.05) is 42.5 Å². The van der Waals surface area contributed by atoms with E-state index in [9.17, 15) is 0 Å². The third-order valence-corrected chi connectivity index (χ3v) is 2.76. The number of para-hydroxylation sites is 2. The number of benzene rings is 1. The van der Waals surface area contributed by atoms with Crippen LogP contribution < -0.4 is 14.8 Å². The van der Waals surface area contributed by atoms with E-state index in [2.05, 4.69) is 24.1 Å². The summed E-state index contributed by atoms with van der Waals surface area (Å²) >= 11 is 0. The Hall–Kier alpha value is -2.07. The monoisotopic (exact) mass is 272 g/mol. The predicted molar refractivity (Wildman–Crippen MR) is 79.3 cm³/mol. The third kappa shape index (κ3) is 3.96. The first-order chi connectivity index (χ1) is 9.69. The maximum absolute atomic E-state index is 5.78. The number of aromatic nitrogens is 1. The average molecular weight is 272 g/mol. The fourth-order valence-electron chi connectivity index (χ4n) is 1.74. The SMILES string of the molecule is COc1ccccc1Oc1cccc(CNC(C)C)n1. The molecule has 1 N–H and O–H groups in total. The molecule has 106 valence electrons. The van der Waals surface area contributed by atoms with Gasteiger partial charge in [0.25, 0.3) is 0 Å². The van der Waals surface area contributed by atoms with E-state index in [0.717, 1.165) is 12.2 Å². The molecule has 4 heteroatoms. The van der Waals surface area contributed by atoms with Crippen LogP contribution in [0.2, 0.25) is 0 Å². The van der Waals surface area contributed by atoms with Crippen LogP contribution >= 0.6 is 0 Å². The normalized spacial score (nSPS) is 10.6. The van der Waals surface area contributed by atoms with Gasteiger partial charge in [-0.1, -0.05) is 32.0 Å². The molecule has 0 aliphatic rings. The summed E-state index contributed by atoms with van der Waals surface area (Å²) in [6, 6.07) is 13.7. The van der Waals surface area contributed by atoms with Crippen molar-refractivity contribution in [1.29, 1.82) is 0 Å². The van der Waals surface area contributed by atoms with Crippen LogP contribution in [0.25, 0.3) is 0 Å². The van der Waals surface area contributed by atoms with Crippen LogP contribution in [0.15, 0.2) is 42.5 Å². The minimum absolute atomic E-state index is 0.426. The van der Waals surface area contributed by atoms with Gasteiger partial charge < -0.3 is 14.8 Å². The molecule has 4 nitrogen and oxygen atoms in total. The minimum atomic E-state index is 0.426. The molecule has 0 radical (unpaired) electrons. The first-order valence-corrected chi connectivity index (χ1v) is 6.69. The molecule has 1 aromatic carbocycles. The van der Waals surface area contributed by atoms with E-state index in [4.69, 9.17) is 9.47 Å². The van der Waals surface area contributed by atoms with Crippen molar-refractivity contribution in [3.8, 4) is 17.4 Å². The molecule has 0 bridgehead atoms. The molecule has 2 rings (SSSR count). The third-order valence-electron chi connectivity index (χ3n) is 2.76. The maximum atomic E-state index is 5.78. The topological polar surface area (TPSA) is 43.4 Å². The molecule has 0 aliphatic carbocycles. The number of nitrogens with zero attached hydrogens (tertiary/aromatic N) is 1. The Bertz CT molecular complexity index is 556. The highest BCUT2D eigenvalue weighted by molar-refractivity contribution is 5.41. The Balaban J connectivity index is 2.11. The summed E-state index contributed by atoms with van der Waals surface area (Å²) < 4.78 is 11.0. The molecule has 0 aliphatic heterocycles. The van der Waals surface area contributed by atoms with Gasteiger partial charge in [-0.3, -0.25) is 0 Å². The Morgan fingerprint density at radius 3 is 2.50 bits per heavy atom. The van der Waals surface area contributed by atoms with Gasteiger partial charge in [0.1, 0.15) is 0 Å². The van der Waals surface area contributed by atoms with Crippen molar-refractivity contribution >= 4 is 0 Å². The lowest BCUT2D eigenvalue weighted by Gasteiger charge is -2.11. The van der Waals surface area contributed by atoms with Gasteiger partial charge in [-0.25, -0.2) is 4.98 Å². The van der Waals surface area contributed by atoms with Crippen LogP contribution in [0, 0.1) is 0 Å². The molecule has 1 aromatic heterocycles. The second-order valence-corrected chi connectivity index (χ2v) is 4.76. The number of hydrogen-bond acceptors (Lipinski definition) is 4. The fraction of sp³-hybridized carbons (Fsp3) is 0.312. The molecule has 0 atom stereocenters. The van der Waals surface area contributed by atoms with Gasteiger partial charge in [-0.2, -0.15) is 0 Å². The van der Waals surface area contributed by atoms with Gasteiger partial charge >= 0.3 is 0 Å². The molecule has 0 unspecified atom stereocenters. The zero-order chi connectivity index (χ0) is 14.4. The number of methoxy groups -OCH3 is 1. The Morgan fingerprint density at radius 2 is 1.80 bits per heavy atom. The van der Waals surface area contributed by atoms with E-state index in [1.165, 1.54) is 0 Å². The smallest absolute Gasteiger partial charge is 0.219 e. The van der Waals surface area contributed by atoms with Crippen molar-refractivity contribution < 1.29 is 9.47 Å². The van der Waals surface area contributed by atoms with E-state index in [1.54, 1.807) is 7.11 Å². The van der Waals surface area contributed by atoms with Crippen LogP contribution in [0.5, 0.6) is 17.4 Å². The summed E-state index contributed by atoms with van der Waals surface area (Å²) in [4.78, 5) is 4.48. The van der Waals surface area contributed by atoms with E-state index in [0.29, 0.717) is 23.4 Å². The van der Waals surface area contributed by atoms with Gasteiger partial charge in [-0.05, 0) is 18.2 Å². The molecule has 0 saturated carbocycles. The maximum Gasteiger partial charge on any atom is 0.219 e. The molecule has 20 heavy (non-hydrogen) atoms. The fourth-order valence-corrected chi connectivity index (χ4v) is 1.74. The predicted octanol–water partition coefficient (Wildman–Crippen LogP) is 3.38. The highest BCUT2D eigenvalue weighted by Crippen LogP contribution is 2.29. The van der Waals surface area contributed by atoms with Gasteiger partial charge in [0.15, 0.2) is 11.5 Å². The molecule has 0 saturated heterocycles. The van der Waals surface area contributed by atoms with Crippen molar-refractivity contribution in [3.05, 3.63) is 48.2 Å². The van der Waals surface area contributed by atoms with E-state index in [-0.39, 0.29) is 0 Å². The number of ether oxygens (including phenoxy) is 2. The first-order valence-electron chi connectivity index (χ1n) is 6.69. The minimum Gasteiger partial charge on any atom is -0.493 e. The molecular formula is C16H20N2O2. The van der Waals surface area contributed by atoms with Crippen LogP contribution in [0.3, 0.4) is 0 Å². The lowest BCUT2D eigenvalue weighted by molar-refractivity contribution is 0.373. The summed E-state index contributed by atoms with van der Waals surface area (Å²) in [5.74, 6) is 1.93. The zero-order valence-electron chi connectivity index (χ0n) is 12.1. The molecule has 1 heterocycles. The second-order valence-electron chi connectivity index (χ2n) is 4.76. The van der Waals surface area contributed by atoms with E-state index >= 15 is 0 Å². The summed E-state index contributed by atoms with van der Waals surface area (Å²) in [5.41, 5.74) is 0.950. The summed E-state index contributed by atoms with van der Waals surface area (Å²) in [6.45, 7) is 4.94. The Kier molecular flexibility index (Phi) is 4.96. The first kappa shape index (κ1) is 14.3. The molecular weight excluding hydrogens is 252 g/mol. The van der Waals surface area contributed by atoms with Gasteiger partial charge in [0.05, 0.1) is 12.8 Å². The summed E-state index contributed by atoms with van der Waals surface area (Å²) in [5, 5.41) is 3.33. The summed E-state index contributed by atoms with van der Waals surface area (Å²) in [6.07, 6.45) is 0. The van der Waals surface area contributed by atoms with Crippen molar-refractivity contribution in [3.63, 3.8) is 0 Å². The molecule has 0 spiro atoms. The zero-order valence-corrected chi connectivity index (χ0v) is 12.1. The molecule has 0 fully saturated rings. The molecule has 2 aromatic rings. The number of rotatable bonds is 6. The van der Waals surface area contributed by atoms with E-state index < -0.39 is 0 Å². The largest absolute Gasteiger partial charge is 0.493 e. The number of nitrogens with one attached hydrogen (secondary N) is 1. The Labute approximate surface area is 119 Å². The molecule has 0 amide bonds. The van der Waals surface area contributed by atoms with Crippen LogP contribution in [0.1, 0.15) is 19.5 Å². The van der Waals surface area contributed by atoms with Crippen molar-refractivity contribution in [2.24, 2.45) is 0 Å². The van der Waals surface area contributed by atoms with Crippen LogP contribution in [-0.2, 0) is 6.54 Å². The second kappa shape index (κ2) is 6.91. The van der Waals surface area contributed by atoms with Crippen LogP contribution in [-0.4, -0.2) is 18.1 Å². The van der Waals surface area contributed by atoms with Crippen molar-refractivity contribution in [1.82, 2.24) is 10.3 Å².